The second-order valence-electron chi connectivity index (χ2n) is 6.28. The first kappa shape index (κ1) is 18.7. The van der Waals surface area contributed by atoms with Gasteiger partial charge in [-0.1, -0.05) is 29.8 Å². The number of nitrogens with zero attached hydrogens (tertiary/aromatic N) is 4. The Labute approximate surface area is 170 Å². The van der Waals surface area contributed by atoms with E-state index >= 15 is 0 Å². The van der Waals surface area contributed by atoms with Crippen LogP contribution < -0.4 is 10.1 Å². The number of benzene rings is 1. The summed E-state index contributed by atoms with van der Waals surface area (Å²) in [5, 5.41) is 14.8. The van der Waals surface area contributed by atoms with Crippen molar-refractivity contribution in [1.29, 1.82) is 0 Å². The van der Waals surface area contributed by atoms with Crippen LogP contribution in [0.1, 0.15) is 5.69 Å². The molecular weight excluding hydrogens is 394 g/mol. The first-order valence-corrected chi connectivity index (χ1v) is 9.09. The van der Waals surface area contributed by atoms with Crippen LogP contribution in [-0.2, 0) is 0 Å². The van der Waals surface area contributed by atoms with Crippen LogP contribution >= 0.6 is 11.6 Å². The van der Waals surface area contributed by atoms with Gasteiger partial charge in [-0.15, -0.1) is 0 Å². The van der Waals surface area contributed by atoms with Crippen LogP contribution in [-0.4, -0.2) is 26.5 Å². The third-order valence-electron chi connectivity index (χ3n) is 4.43. The summed E-state index contributed by atoms with van der Waals surface area (Å²) in [6, 6.07) is 13.8. The van der Waals surface area contributed by atoms with E-state index in [4.69, 9.17) is 16.3 Å². The van der Waals surface area contributed by atoms with E-state index in [9.17, 15) is 10.1 Å². The Balaban J connectivity index is 1.73. The number of halogens is 1. The number of nitro groups is 1. The predicted octanol–water partition coefficient (Wildman–Crippen LogP) is 5.12. The minimum Gasteiger partial charge on any atom is -0.450 e. The molecule has 3 aromatic heterocycles. The van der Waals surface area contributed by atoms with Gasteiger partial charge in [0.15, 0.2) is 17.6 Å². The summed E-state index contributed by atoms with van der Waals surface area (Å²) in [6.45, 7) is 2.01. The smallest absolute Gasteiger partial charge is 0.388 e. The molecule has 29 heavy (non-hydrogen) atoms. The van der Waals surface area contributed by atoms with Gasteiger partial charge in [0.05, 0.1) is 6.20 Å². The minimum atomic E-state index is -0.607. The van der Waals surface area contributed by atoms with Gasteiger partial charge >= 0.3 is 5.82 Å². The van der Waals surface area contributed by atoms with E-state index in [1.165, 1.54) is 13.2 Å². The molecule has 0 saturated carbocycles. The average Bonchev–Trinajstić information content (AvgIpc) is 3.04. The molecule has 3 heterocycles. The van der Waals surface area contributed by atoms with Crippen molar-refractivity contribution in [3.8, 4) is 17.2 Å². The number of nitrogens with one attached hydrogen (secondary N) is 1. The van der Waals surface area contributed by atoms with Crippen LogP contribution in [0.4, 0.5) is 11.5 Å². The van der Waals surface area contributed by atoms with Crippen molar-refractivity contribution < 1.29 is 9.66 Å². The van der Waals surface area contributed by atoms with Gasteiger partial charge in [0, 0.05) is 23.8 Å². The van der Waals surface area contributed by atoms with Gasteiger partial charge in [-0.2, -0.15) is 0 Å². The summed E-state index contributed by atoms with van der Waals surface area (Å²) in [6.07, 6.45) is 2.81. The number of ether oxygens (including phenoxy) is 1. The summed E-state index contributed by atoms with van der Waals surface area (Å²) in [5.41, 5.74) is 2.94. The highest BCUT2D eigenvalue weighted by atomic mass is 35.5. The molecular formula is C20H16ClN5O3. The second kappa shape index (κ2) is 7.40. The van der Waals surface area contributed by atoms with Crippen molar-refractivity contribution in [3.63, 3.8) is 0 Å². The summed E-state index contributed by atoms with van der Waals surface area (Å²) in [7, 11) is 1.53. The lowest BCUT2D eigenvalue weighted by Gasteiger charge is -2.10. The summed E-state index contributed by atoms with van der Waals surface area (Å²) in [5.74, 6) is 0.276. The maximum Gasteiger partial charge on any atom is 0.388 e. The van der Waals surface area contributed by atoms with E-state index < -0.39 is 4.92 Å². The normalized spacial score (nSPS) is 10.9. The highest BCUT2D eigenvalue weighted by Crippen LogP contribution is 2.39. The Kier molecular flexibility index (Phi) is 4.77. The van der Waals surface area contributed by atoms with Crippen molar-refractivity contribution >= 4 is 34.1 Å². The molecule has 0 fully saturated rings. The molecule has 1 N–H and O–H groups in total. The summed E-state index contributed by atoms with van der Waals surface area (Å²) < 4.78 is 7.87. The zero-order valence-electron chi connectivity index (χ0n) is 15.6. The summed E-state index contributed by atoms with van der Waals surface area (Å²) >= 11 is 6.28. The number of aromatic nitrogens is 3. The minimum absolute atomic E-state index is 0.0762. The maximum absolute atomic E-state index is 11.1. The highest BCUT2D eigenvalue weighted by molar-refractivity contribution is 6.35. The quantitative estimate of drug-likeness (QED) is 0.363. The Hall–Kier alpha value is -3.65. The Morgan fingerprint density at radius 2 is 1.93 bits per heavy atom. The Morgan fingerprint density at radius 3 is 2.62 bits per heavy atom. The number of anilines is 1. The number of hydrogen-bond acceptors (Lipinski definition) is 6. The lowest BCUT2D eigenvalue weighted by atomic mass is 10.3. The lowest BCUT2D eigenvalue weighted by molar-refractivity contribution is -0.388. The topological polar surface area (TPSA) is 95.1 Å². The van der Waals surface area contributed by atoms with Gasteiger partial charge in [-0.25, -0.2) is 4.98 Å². The second-order valence-corrected chi connectivity index (χ2v) is 6.66. The molecule has 9 heteroatoms. The summed E-state index contributed by atoms with van der Waals surface area (Å²) in [4.78, 5) is 18.9. The highest BCUT2D eigenvalue weighted by Gasteiger charge is 2.23. The molecule has 0 atom stereocenters. The molecule has 0 aliphatic rings. The number of para-hydroxylation sites is 1. The van der Waals surface area contributed by atoms with E-state index in [1.807, 2.05) is 49.4 Å². The molecule has 0 radical (unpaired) electrons. The van der Waals surface area contributed by atoms with Gasteiger partial charge in [-0.05, 0) is 41.1 Å². The van der Waals surface area contributed by atoms with Crippen LogP contribution in [0, 0.1) is 17.0 Å². The Morgan fingerprint density at radius 1 is 1.17 bits per heavy atom. The van der Waals surface area contributed by atoms with Crippen LogP contribution in [0.15, 0.2) is 54.9 Å². The number of aryl methyl sites for hydroxylation is 1. The largest absolute Gasteiger partial charge is 0.450 e. The van der Waals surface area contributed by atoms with Gasteiger partial charge in [0.1, 0.15) is 16.4 Å². The SMILES string of the molecule is CNc1c([N+](=O)[O-])ncc(Oc2cnc3c(c2)cc(C)n3-c2ccccc2)c1Cl. The van der Waals surface area contributed by atoms with Crippen molar-refractivity contribution in [1.82, 2.24) is 14.5 Å². The molecule has 8 nitrogen and oxygen atoms in total. The van der Waals surface area contributed by atoms with E-state index in [1.54, 1.807) is 6.20 Å². The monoisotopic (exact) mass is 409 g/mol. The van der Waals surface area contributed by atoms with Crippen LogP contribution in [0.25, 0.3) is 16.7 Å². The van der Waals surface area contributed by atoms with Crippen LogP contribution in [0.3, 0.4) is 0 Å². The van der Waals surface area contributed by atoms with E-state index in [-0.39, 0.29) is 22.3 Å². The standard InChI is InChI=1S/C20H16ClN5O3/c1-12-8-13-9-15(10-23-19(13)25(12)14-6-4-3-5-7-14)29-16-11-24-20(26(27)28)18(22-2)17(16)21/h3-11,22H,1-2H3. The fraction of sp³-hybridized carbons (Fsp3) is 0.100. The molecule has 0 unspecified atom stereocenters. The van der Waals surface area contributed by atoms with Gasteiger partial charge in [-0.3, -0.25) is 4.57 Å². The van der Waals surface area contributed by atoms with Crippen LogP contribution in [0.2, 0.25) is 5.02 Å². The van der Waals surface area contributed by atoms with Crippen molar-refractivity contribution in [3.05, 3.63) is 75.7 Å². The molecule has 0 amide bonds. The molecule has 0 saturated heterocycles. The first-order chi connectivity index (χ1) is 14.0. The number of rotatable bonds is 5. The number of pyridine rings is 2. The molecule has 146 valence electrons. The molecule has 4 aromatic rings. The van der Waals surface area contributed by atoms with Gasteiger partial charge < -0.3 is 20.2 Å². The van der Waals surface area contributed by atoms with Crippen molar-refractivity contribution in [2.45, 2.75) is 6.92 Å². The van der Waals surface area contributed by atoms with Crippen LogP contribution in [0.5, 0.6) is 11.5 Å². The maximum atomic E-state index is 11.1. The molecule has 4 rings (SSSR count). The average molecular weight is 410 g/mol. The number of hydrogen-bond donors (Lipinski definition) is 1. The van der Waals surface area contributed by atoms with E-state index in [0.717, 1.165) is 22.4 Å². The molecule has 0 aliphatic carbocycles. The fourth-order valence-electron chi connectivity index (χ4n) is 3.18. The zero-order valence-corrected chi connectivity index (χ0v) is 16.3. The molecule has 0 bridgehead atoms. The predicted molar refractivity (Wildman–Crippen MR) is 111 cm³/mol. The van der Waals surface area contributed by atoms with Gasteiger partial charge in [0.2, 0.25) is 0 Å². The third-order valence-corrected chi connectivity index (χ3v) is 4.80. The van der Waals surface area contributed by atoms with E-state index in [2.05, 4.69) is 19.9 Å². The van der Waals surface area contributed by atoms with Crippen molar-refractivity contribution in [2.24, 2.45) is 0 Å². The molecule has 1 aromatic carbocycles. The number of fused-ring (bicyclic) bond motifs is 1. The molecule has 0 aliphatic heterocycles. The zero-order chi connectivity index (χ0) is 20.5. The fourth-order valence-corrected chi connectivity index (χ4v) is 3.45. The first-order valence-electron chi connectivity index (χ1n) is 8.71. The van der Waals surface area contributed by atoms with E-state index in [0.29, 0.717) is 5.75 Å². The lowest BCUT2D eigenvalue weighted by Crippen LogP contribution is -2.01. The third kappa shape index (κ3) is 3.34. The molecule has 0 spiro atoms. The Bertz CT molecular complexity index is 1220. The van der Waals surface area contributed by atoms with Gasteiger partial charge in [0.25, 0.3) is 0 Å². The van der Waals surface area contributed by atoms with Crippen molar-refractivity contribution in [2.75, 3.05) is 12.4 Å².